The Kier molecular flexibility index (Phi) is 13.4. The summed E-state index contributed by atoms with van der Waals surface area (Å²) in [7, 11) is 0. The predicted molar refractivity (Wildman–Crippen MR) is 172 cm³/mol. The first-order valence-corrected chi connectivity index (χ1v) is 15.5. The molecule has 0 radical (unpaired) electrons. The van der Waals surface area contributed by atoms with Crippen LogP contribution in [0.2, 0.25) is 5.02 Å². The average Bonchev–Trinajstić information content (AvgIpc) is 2.86. The quantitative estimate of drug-likeness (QED) is 0.227. The van der Waals surface area contributed by atoms with Gasteiger partial charge in [-0.2, -0.15) is 0 Å². The summed E-state index contributed by atoms with van der Waals surface area (Å²) in [5, 5.41) is 6.24. The van der Waals surface area contributed by atoms with Gasteiger partial charge in [-0.25, -0.2) is 4.79 Å². The van der Waals surface area contributed by atoms with E-state index in [2.05, 4.69) is 17.6 Å². The lowest BCUT2D eigenvalue weighted by atomic mass is 9.96. The van der Waals surface area contributed by atoms with Gasteiger partial charge in [-0.05, 0) is 71.1 Å². The molecule has 2 aromatic carbocycles. The van der Waals surface area contributed by atoms with Gasteiger partial charge < -0.3 is 20.3 Å². The highest BCUT2D eigenvalue weighted by Crippen LogP contribution is 2.31. The molecule has 0 fully saturated rings. The average molecular weight is 600 g/mol. The fourth-order valence-electron chi connectivity index (χ4n) is 5.00. The fourth-order valence-corrected chi connectivity index (χ4v) is 5.27. The second-order valence-electron chi connectivity index (χ2n) is 12.6. The van der Waals surface area contributed by atoms with E-state index in [9.17, 15) is 14.4 Å². The zero-order valence-electron chi connectivity index (χ0n) is 26.9. The molecule has 3 amide bonds. The number of unbranched alkanes of at least 4 members (excludes halogenated alkanes) is 4. The molecule has 2 rings (SSSR count). The standard InChI is InChI=1S/C34H50ClN3O4/c1-10-11-12-13-14-18-38(32(40)28(22(2)3)37-33(41)42-34(7,8)9)30(26-20-23(4)19-24(5)21-26)31(39)36-29-25(6)16-15-17-27(29)35/h15-17,19-22,28,30H,10-14,18H2,1-9H3,(H,36,39)(H,37,41). The SMILES string of the molecule is CCCCCCCN(C(=O)C(NC(=O)OC(C)(C)C)C(C)C)C(C(=O)Nc1c(C)cccc1Cl)c1cc(C)cc(C)c1. The predicted octanol–water partition coefficient (Wildman–Crippen LogP) is 8.29. The van der Waals surface area contributed by atoms with Crippen LogP contribution in [0.25, 0.3) is 0 Å². The van der Waals surface area contributed by atoms with Crippen molar-refractivity contribution in [1.29, 1.82) is 0 Å². The van der Waals surface area contributed by atoms with Crippen molar-refractivity contribution in [1.82, 2.24) is 10.2 Å². The van der Waals surface area contributed by atoms with Crippen LogP contribution in [0.15, 0.2) is 36.4 Å². The highest BCUT2D eigenvalue weighted by molar-refractivity contribution is 6.34. The Hall–Kier alpha value is -3.06. The van der Waals surface area contributed by atoms with Crippen LogP contribution < -0.4 is 10.6 Å². The van der Waals surface area contributed by atoms with E-state index in [1.54, 1.807) is 31.7 Å². The summed E-state index contributed by atoms with van der Waals surface area (Å²) in [4.78, 5) is 43.1. The minimum atomic E-state index is -0.945. The number of rotatable bonds is 13. The first-order valence-electron chi connectivity index (χ1n) is 15.1. The number of anilines is 1. The number of nitrogens with zero attached hydrogens (tertiary/aromatic N) is 1. The lowest BCUT2D eigenvalue weighted by molar-refractivity contribution is -0.141. The highest BCUT2D eigenvalue weighted by Gasteiger charge is 2.37. The molecule has 42 heavy (non-hydrogen) atoms. The Bertz CT molecular complexity index is 1180. The molecule has 2 unspecified atom stereocenters. The lowest BCUT2D eigenvalue weighted by Crippen LogP contribution is -2.54. The number of carbonyl (C=O) groups excluding carboxylic acids is 3. The molecule has 2 aromatic rings. The third-order valence-corrected chi connectivity index (χ3v) is 7.30. The first kappa shape index (κ1) is 35.1. The smallest absolute Gasteiger partial charge is 0.408 e. The number of para-hydroxylation sites is 1. The van der Waals surface area contributed by atoms with Gasteiger partial charge in [0.05, 0.1) is 10.7 Å². The van der Waals surface area contributed by atoms with Gasteiger partial charge in [0.15, 0.2) is 0 Å². The molecule has 2 atom stereocenters. The van der Waals surface area contributed by atoms with E-state index >= 15 is 0 Å². The van der Waals surface area contributed by atoms with E-state index in [0.29, 0.717) is 22.8 Å². The van der Waals surface area contributed by atoms with Crippen molar-refractivity contribution < 1.29 is 19.1 Å². The number of hydrogen-bond acceptors (Lipinski definition) is 4. The van der Waals surface area contributed by atoms with Crippen LogP contribution in [0.1, 0.15) is 102 Å². The van der Waals surface area contributed by atoms with Crippen molar-refractivity contribution in [3.05, 3.63) is 63.7 Å². The van der Waals surface area contributed by atoms with Gasteiger partial charge >= 0.3 is 6.09 Å². The summed E-state index contributed by atoms with van der Waals surface area (Å²) < 4.78 is 5.49. The van der Waals surface area contributed by atoms with Crippen LogP contribution in [-0.2, 0) is 14.3 Å². The molecule has 0 heterocycles. The summed E-state index contributed by atoms with van der Waals surface area (Å²) in [6.07, 6.45) is 4.23. The molecule has 0 aliphatic rings. The van der Waals surface area contributed by atoms with Crippen molar-refractivity contribution >= 4 is 35.2 Å². The number of benzene rings is 2. The summed E-state index contributed by atoms with van der Waals surface area (Å²) in [5.74, 6) is -0.944. The topological polar surface area (TPSA) is 87.7 Å². The Labute approximate surface area is 257 Å². The summed E-state index contributed by atoms with van der Waals surface area (Å²) in [6, 6.07) is 9.53. The molecule has 0 bridgehead atoms. The second-order valence-corrected chi connectivity index (χ2v) is 13.0. The van der Waals surface area contributed by atoms with Crippen LogP contribution in [0, 0.1) is 26.7 Å². The van der Waals surface area contributed by atoms with Gasteiger partial charge in [0.1, 0.15) is 17.7 Å². The zero-order chi connectivity index (χ0) is 31.6. The molecular formula is C34H50ClN3O4. The highest BCUT2D eigenvalue weighted by atomic mass is 35.5. The summed E-state index contributed by atoms with van der Waals surface area (Å²) in [5.41, 5.74) is 3.29. The minimum Gasteiger partial charge on any atom is -0.444 e. The maximum absolute atomic E-state index is 14.4. The third kappa shape index (κ3) is 10.6. The Morgan fingerprint density at radius 3 is 2.12 bits per heavy atom. The number of amides is 3. The van der Waals surface area contributed by atoms with Crippen molar-refractivity contribution in [2.45, 2.75) is 112 Å². The van der Waals surface area contributed by atoms with Crippen LogP contribution in [0.4, 0.5) is 10.5 Å². The van der Waals surface area contributed by atoms with E-state index in [1.807, 2.05) is 65.0 Å². The fraction of sp³-hybridized carbons (Fsp3) is 0.559. The number of alkyl carbamates (subject to hydrolysis) is 1. The minimum absolute atomic E-state index is 0.249. The van der Waals surface area contributed by atoms with Gasteiger partial charge in [0.2, 0.25) is 5.91 Å². The number of hydrogen-bond donors (Lipinski definition) is 2. The number of carbonyl (C=O) groups is 3. The van der Waals surface area contributed by atoms with Crippen molar-refractivity contribution in [3.63, 3.8) is 0 Å². The van der Waals surface area contributed by atoms with Gasteiger partial charge in [0.25, 0.3) is 5.91 Å². The molecule has 8 heteroatoms. The van der Waals surface area contributed by atoms with Crippen LogP contribution in [0.3, 0.4) is 0 Å². The molecule has 0 aliphatic carbocycles. The van der Waals surface area contributed by atoms with E-state index in [-0.39, 0.29) is 17.7 Å². The molecule has 0 saturated heterocycles. The zero-order valence-corrected chi connectivity index (χ0v) is 27.7. The van der Waals surface area contributed by atoms with Crippen molar-refractivity contribution in [2.24, 2.45) is 5.92 Å². The maximum atomic E-state index is 14.4. The van der Waals surface area contributed by atoms with Gasteiger partial charge in [-0.15, -0.1) is 0 Å². The van der Waals surface area contributed by atoms with E-state index in [0.717, 1.165) is 48.8 Å². The molecule has 0 aliphatic heterocycles. The molecule has 232 valence electrons. The van der Waals surface area contributed by atoms with Crippen LogP contribution in [-0.4, -0.2) is 41.0 Å². The number of ether oxygens (including phenoxy) is 1. The number of nitrogens with one attached hydrogen (secondary N) is 2. The van der Waals surface area contributed by atoms with E-state index in [4.69, 9.17) is 16.3 Å². The van der Waals surface area contributed by atoms with Gasteiger partial charge in [-0.3, -0.25) is 9.59 Å². The van der Waals surface area contributed by atoms with Crippen molar-refractivity contribution in [2.75, 3.05) is 11.9 Å². The molecule has 0 aromatic heterocycles. The maximum Gasteiger partial charge on any atom is 0.408 e. The molecule has 7 nitrogen and oxygen atoms in total. The van der Waals surface area contributed by atoms with Crippen LogP contribution in [0.5, 0.6) is 0 Å². The molecular weight excluding hydrogens is 550 g/mol. The van der Waals surface area contributed by atoms with Crippen LogP contribution >= 0.6 is 11.6 Å². The monoisotopic (exact) mass is 599 g/mol. The molecule has 2 N–H and O–H groups in total. The van der Waals surface area contributed by atoms with Gasteiger partial charge in [-0.1, -0.05) is 99.5 Å². The normalized spacial score (nSPS) is 12.9. The van der Waals surface area contributed by atoms with E-state index in [1.165, 1.54) is 0 Å². The largest absolute Gasteiger partial charge is 0.444 e. The Morgan fingerprint density at radius 1 is 0.952 bits per heavy atom. The molecule has 0 spiro atoms. The lowest BCUT2D eigenvalue weighted by Gasteiger charge is -2.36. The summed E-state index contributed by atoms with van der Waals surface area (Å²) in [6.45, 7) is 17.4. The third-order valence-electron chi connectivity index (χ3n) is 6.98. The number of aryl methyl sites for hydroxylation is 3. The summed E-state index contributed by atoms with van der Waals surface area (Å²) >= 11 is 6.49. The second kappa shape index (κ2) is 16.0. The molecule has 0 saturated carbocycles. The number of halogens is 1. The van der Waals surface area contributed by atoms with Crippen molar-refractivity contribution in [3.8, 4) is 0 Å². The first-order chi connectivity index (χ1) is 19.6. The Balaban J connectivity index is 2.61. The van der Waals surface area contributed by atoms with Gasteiger partial charge in [0, 0.05) is 6.54 Å². The van der Waals surface area contributed by atoms with E-state index < -0.39 is 23.8 Å². The Morgan fingerprint density at radius 2 is 1.57 bits per heavy atom.